The van der Waals surface area contributed by atoms with Gasteiger partial charge in [-0.1, -0.05) is 36.4 Å². The minimum atomic E-state index is 0. The maximum Gasteiger partial charge on any atom is 0.191 e. The van der Waals surface area contributed by atoms with Gasteiger partial charge in [0, 0.05) is 13.6 Å². The molecule has 0 aliphatic carbocycles. The summed E-state index contributed by atoms with van der Waals surface area (Å²) in [6.07, 6.45) is 3.28. The standard InChI is InChI=1S/C18H25N3S.HI/c1-14(21-18(19-2)20-11-6-12-22-3)16-10-9-15-7-4-5-8-17(15)13-16;/h4-5,7-10,13-14H,6,11-12H2,1-3H3,(H2,19,20,21);1H. The van der Waals surface area contributed by atoms with Crippen LogP contribution in [0.2, 0.25) is 0 Å². The minimum absolute atomic E-state index is 0. The van der Waals surface area contributed by atoms with E-state index in [4.69, 9.17) is 0 Å². The molecule has 1 unspecified atom stereocenters. The molecule has 23 heavy (non-hydrogen) atoms. The number of fused-ring (bicyclic) bond motifs is 1. The van der Waals surface area contributed by atoms with Crippen molar-refractivity contribution in [2.45, 2.75) is 19.4 Å². The van der Waals surface area contributed by atoms with Crippen LogP contribution in [0.5, 0.6) is 0 Å². The second-order valence-corrected chi connectivity index (χ2v) is 6.30. The Morgan fingerprint density at radius 2 is 1.91 bits per heavy atom. The smallest absolute Gasteiger partial charge is 0.191 e. The lowest BCUT2D eigenvalue weighted by Crippen LogP contribution is -2.39. The second kappa shape index (κ2) is 10.8. The van der Waals surface area contributed by atoms with Gasteiger partial charge >= 0.3 is 0 Å². The maximum absolute atomic E-state index is 4.30. The average Bonchev–Trinajstić information content (AvgIpc) is 2.57. The Morgan fingerprint density at radius 3 is 2.61 bits per heavy atom. The van der Waals surface area contributed by atoms with Gasteiger partial charge in [0.1, 0.15) is 0 Å². The van der Waals surface area contributed by atoms with Crippen molar-refractivity contribution in [3.05, 3.63) is 48.0 Å². The lowest BCUT2D eigenvalue weighted by Gasteiger charge is -2.18. The van der Waals surface area contributed by atoms with Crippen LogP contribution in [0.4, 0.5) is 0 Å². The zero-order chi connectivity index (χ0) is 15.8. The predicted molar refractivity (Wildman–Crippen MR) is 115 cm³/mol. The number of benzene rings is 2. The van der Waals surface area contributed by atoms with E-state index in [1.807, 2.05) is 18.8 Å². The van der Waals surface area contributed by atoms with Crippen molar-refractivity contribution in [3.63, 3.8) is 0 Å². The molecule has 2 rings (SSSR count). The summed E-state index contributed by atoms with van der Waals surface area (Å²) >= 11 is 1.87. The summed E-state index contributed by atoms with van der Waals surface area (Å²) in [6.45, 7) is 3.11. The molecule has 0 heterocycles. The zero-order valence-electron chi connectivity index (χ0n) is 14.0. The number of hydrogen-bond donors (Lipinski definition) is 2. The number of thioether (sulfide) groups is 1. The summed E-state index contributed by atoms with van der Waals surface area (Å²) in [5.74, 6) is 2.03. The van der Waals surface area contributed by atoms with Crippen LogP contribution in [-0.4, -0.2) is 31.6 Å². The molecule has 1 atom stereocenters. The summed E-state index contributed by atoms with van der Waals surface area (Å²) in [5, 5.41) is 9.37. The fourth-order valence-corrected chi connectivity index (χ4v) is 2.82. The highest BCUT2D eigenvalue weighted by atomic mass is 127. The van der Waals surface area contributed by atoms with Crippen LogP contribution >= 0.6 is 35.7 Å². The van der Waals surface area contributed by atoms with E-state index in [2.05, 4.69) is 71.3 Å². The maximum atomic E-state index is 4.30. The highest BCUT2D eigenvalue weighted by Gasteiger charge is 2.08. The summed E-state index contributed by atoms with van der Waals surface area (Å²) in [5.41, 5.74) is 1.27. The highest BCUT2D eigenvalue weighted by Crippen LogP contribution is 2.20. The third-order valence-corrected chi connectivity index (χ3v) is 4.36. The van der Waals surface area contributed by atoms with Gasteiger partial charge in [0.2, 0.25) is 0 Å². The molecule has 0 fully saturated rings. The number of hydrogen-bond acceptors (Lipinski definition) is 2. The molecular formula is C18H26IN3S. The van der Waals surface area contributed by atoms with Crippen LogP contribution < -0.4 is 10.6 Å². The number of guanidine groups is 1. The Morgan fingerprint density at radius 1 is 1.17 bits per heavy atom. The Labute approximate surface area is 160 Å². The molecule has 0 radical (unpaired) electrons. The molecule has 2 aromatic rings. The van der Waals surface area contributed by atoms with E-state index in [0.29, 0.717) is 0 Å². The van der Waals surface area contributed by atoms with Crippen LogP contribution in [0.15, 0.2) is 47.5 Å². The van der Waals surface area contributed by atoms with Crippen LogP contribution in [-0.2, 0) is 0 Å². The van der Waals surface area contributed by atoms with E-state index >= 15 is 0 Å². The number of nitrogens with zero attached hydrogens (tertiary/aromatic N) is 1. The normalized spacial score (nSPS) is 12.6. The van der Waals surface area contributed by atoms with Crippen molar-refractivity contribution >= 4 is 52.5 Å². The Hall–Kier alpha value is -0.950. The molecule has 0 bridgehead atoms. The van der Waals surface area contributed by atoms with E-state index in [-0.39, 0.29) is 30.0 Å². The van der Waals surface area contributed by atoms with E-state index in [9.17, 15) is 0 Å². The van der Waals surface area contributed by atoms with Crippen LogP contribution in [0.3, 0.4) is 0 Å². The zero-order valence-corrected chi connectivity index (χ0v) is 17.2. The van der Waals surface area contributed by atoms with E-state index in [1.54, 1.807) is 0 Å². The van der Waals surface area contributed by atoms with Gasteiger partial charge in [0.05, 0.1) is 6.04 Å². The molecule has 3 nitrogen and oxygen atoms in total. The summed E-state index contributed by atoms with van der Waals surface area (Å²) < 4.78 is 0. The number of halogens is 1. The molecule has 0 amide bonds. The quantitative estimate of drug-likeness (QED) is 0.300. The van der Waals surface area contributed by atoms with Gasteiger partial charge in [-0.15, -0.1) is 24.0 Å². The van der Waals surface area contributed by atoms with Gasteiger partial charge in [0.15, 0.2) is 5.96 Å². The first-order valence-corrected chi connectivity index (χ1v) is 9.09. The molecule has 0 saturated carbocycles. The molecule has 5 heteroatoms. The fraction of sp³-hybridized carbons (Fsp3) is 0.389. The molecular weight excluding hydrogens is 417 g/mol. The van der Waals surface area contributed by atoms with Crippen LogP contribution in [0, 0.1) is 0 Å². The van der Waals surface area contributed by atoms with Crippen molar-refractivity contribution in [1.82, 2.24) is 10.6 Å². The molecule has 2 aromatic carbocycles. The largest absolute Gasteiger partial charge is 0.356 e. The molecule has 0 saturated heterocycles. The van der Waals surface area contributed by atoms with Crippen LogP contribution in [0.1, 0.15) is 24.9 Å². The fourth-order valence-electron chi connectivity index (χ4n) is 2.38. The molecule has 0 aromatic heterocycles. The first-order chi connectivity index (χ1) is 10.7. The summed E-state index contributed by atoms with van der Waals surface area (Å²) in [4.78, 5) is 4.30. The van der Waals surface area contributed by atoms with Crippen LogP contribution in [0.25, 0.3) is 10.8 Å². The third-order valence-electron chi connectivity index (χ3n) is 3.67. The molecule has 126 valence electrons. The minimum Gasteiger partial charge on any atom is -0.356 e. The first-order valence-electron chi connectivity index (χ1n) is 7.69. The number of aliphatic imine (C=N–C) groups is 1. The summed E-state index contributed by atoms with van der Waals surface area (Å²) in [6, 6.07) is 15.3. The van der Waals surface area contributed by atoms with Crippen molar-refractivity contribution in [2.75, 3.05) is 25.6 Å². The lowest BCUT2D eigenvalue weighted by molar-refractivity contribution is 0.683. The Kier molecular flexibility index (Phi) is 9.40. The SMILES string of the molecule is CN=C(NCCCSC)NC(C)c1ccc2ccccc2c1.I. The Bertz CT molecular complexity index is 630. The number of nitrogens with one attached hydrogen (secondary N) is 2. The van der Waals surface area contributed by atoms with Crippen molar-refractivity contribution in [1.29, 1.82) is 0 Å². The van der Waals surface area contributed by atoms with Crippen molar-refractivity contribution < 1.29 is 0 Å². The number of rotatable bonds is 6. The van der Waals surface area contributed by atoms with E-state index in [1.165, 1.54) is 22.1 Å². The highest BCUT2D eigenvalue weighted by molar-refractivity contribution is 14.0. The van der Waals surface area contributed by atoms with Gasteiger partial charge in [-0.25, -0.2) is 0 Å². The average molecular weight is 443 g/mol. The van der Waals surface area contributed by atoms with E-state index in [0.717, 1.165) is 18.9 Å². The summed E-state index contributed by atoms with van der Waals surface area (Å²) in [7, 11) is 1.82. The van der Waals surface area contributed by atoms with Gasteiger partial charge in [0.25, 0.3) is 0 Å². The van der Waals surface area contributed by atoms with Gasteiger partial charge in [-0.05, 0) is 47.8 Å². The molecule has 2 N–H and O–H groups in total. The monoisotopic (exact) mass is 443 g/mol. The molecule has 0 spiro atoms. The molecule has 0 aliphatic rings. The molecule has 0 aliphatic heterocycles. The Balaban J connectivity index is 0.00000264. The third kappa shape index (κ3) is 6.22. The lowest BCUT2D eigenvalue weighted by atomic mass is 10.0. The van der Waals surface area contributed by atoms with Gasteiger partial charge in [-0.3, -0.25) is 4.99 Å². The topological polar surface area (TPSA) is 36.4 Å². The van der Waals surface area contributed by atoms with Crippen molar-refractivity contribution in [2.24, 2.45) is 4.99 Å². The predicted octanol–water partition coefficient (Wildman–Crippen LogP) is 4.44. The second-order valence-electron chi connectivity index (χ2n) is 5.32. The first kappa shape index (κ1) is 20.1. The van der Waals surface area contributed by atoms with Gasteiger partial charge in [-0.2, -0.15) is 11.8 Å². The van der Waals surface area contributed by atoms with Crippen molar-refractivity contribution in [3.8, 4) is 0 Å². The van der Waals surface area contributed by atoms with E-state index < -0.39 is 0 Å². The van der Waals surface area contributed by atoms with Gasteiger partial charge < -0.3 is 10.6 Å².